The fourth-order valence-electron chi connectivity index (χ4n) is 3.76. The number of nitrogens with zero attached hydrogens (tertiary/aromatic N) is 4. The third-order valence-corrected chi connectivity index (χ3v) is 5.17. The summed E-state index contributed by atoms with van der Waals surface area (Å²) in [6.07, 6.45) is 6.06. The highest BCUT2D eigenvalue weighted by Crippen LogP contribution is 2.29. The molecule has 7 nitrogen and oxygen atoms in total. The monoisotopic (exact) mass is 351 g/mol. The van der Waals surface area contributed by atoms with Crippen LogP contribution >= 0.6 is 0 Å². The lowest BCUT2D eigenvalue weighted by Gasteiger charge is -2.30. The molecule has 2 aromatic heterocycles. The Morgan fingerprint density at radius 1 is 1.31 bits per heavy atom. The number of nitrogens with one attached hydrogen (secondary N) is 1. The molecule has 134 valence electrons. The van der Waals surface area contributed by atoms with Gasteiger partial charge in [0, 0.05) is 30.3 Å². The van der Waals surface area contributed by atoms with Gasteiger partial charge < -0.3 is 10.1 Å². The molecule has 0 bridgehead atoms. The second kappa shape index (κ2) is 7.26. The second-order valence-electron chi connectivity index (χ2n) is 6.86. The van der Waals surface area contributed by atoms with Gasteiger partial charge in [0.25, 0.3) is 5.56 Å². The van der Waals surface area contributed by atoms with E-state index >= 15 is 0 Å². The number of ether oxygens (including phenoxy) is 1. The highest BCUT2D eigenvalue weighted by Gasteiger charge is 2.25. The largest absolute Gasteiger partial charge is 0.376 e. The van der Waals surface area contributed by atoms with Crippen molar-refractivity contribution in [2.75, 3.05) is 11.9 Å². The van der Waals surface area contributed by atoms with Crippen molar-refractivity contribution >= 4 is 5.82 Å². The third kappa shape index (κ3) is 3.33. The molecule has 0 atom stereocenters. The number of fused-ring (bicyclic) bond motifs is 1. The molecule has 0 aromatic carbocycles. The minimum atomic E-state index is -0.0397. The molecular formula is C19H21N5O2. The van der Waals surface area contributed by atoms with Crippen LogP contribution in [0, 0.1) is 11.3 Å². The van der Waals surface area contributed by atoms with Gasteiger partial charge in [0.05, 0.1) is 30.5 Å². The van der Waals surface area contributed by atoms with Gasteiger partial charge in [0.1, 0.15) is 11.9 Å². The molecule has 1 fully saturated rings. The molecule has 2 aromatic rings. The Balaban J connectivity index is 1.44. The summed E-state index contributed by atoms with van der Waals surface area (Å²) in [5, 5.41) is 17.2. The van der Waals surface area contributed by atoms with Crippen LogP contribution in [0.3, 0.4) is 0 Å². The summed E-state index contributed by atoms with van der Waals surface area (Å²) in [4.78, 5) is 16.7. The minimum absolute atomic E-state index is 0.0397. The average Bonchev–Trinajstić information content (AvgIpc) is 2.68. The van der Waals surface area contributed by atoms with Crippen molar-refractivity contribution in [3.05, 3.63) is 51.6 Å². The molecule has 0 unspecified atom stereocenters. The number of aromatic nitrogens is 3. The molecule has 7 heteroatoms. The minimum Gasteiger partial charge on any atom is -0.376 e. The van der Waals surface area contributed by atoms with E-state index in [2.05, 4.69) is 21.5 Å². The van der Waals surface area contributed by atoms with Crippen molar-refractivity contribution in [1.82, 2.24) is 14.8 Å². The van der Waals surface area contributed by atoms with Gasteiger partial charge in [0.2, 0.25) is 0 Å². The normalized spacial score (nSPS) is 22.3. The molecule has 26 heavy (non-hydrogen) atoms. The molecule has 0 radical (unpaired) electrons. The van der Waals surface area contributed by atoms with Crippen molar-refractivity contribution in [3.8, 4) is 6.07 Å². The lowest BCUT2D eigenvalue weighted by molar-refractivity contribution is 0.107. The van der Waals surface area contributed by atoms with Crippen molar-refractivity contribution in [1.29, 1.82) is 5.26 Å². The average molecular weight is 351 g/mol. The standard InChI is InChI=1S/C19H21N5O2/c20-11-13-2-1-8-21-19(13)22-15-3-5-16(6-4-15)24-18(25)10-14-12-26-9-7-17(14)23-24/h1-2,8,10,15-16H,3-7,9,12H2,(H,21,22). The maximum absolute atomic E-state index is 12.4. The molecule has 4 rings (SSSR count). The van der Waals surface area contributed by atoms with Gasteiger partial charge in [-0.25, -0.2) is 9.67 Å². The van der Waals surface area contributed by atoms with Crippen LogP contribution in [0.2, 0.25) is 0 Å². The van der Waals surface area contributed by atoms with E-state index in [1.807, 2.05) is 0 Å². The molecule has 0 amide bonds. The Kier molecular flexibility index (Phi) is 4.67. The fraction of sp³-hybridized carbons (Fsp3) is 0.474. The molecular weight excluding hydrogens is 330 g/mol. The van der Waals surface area contributed by atoms with E-state index in [1.54, 1.807) is 29.1 Å². The number of pyridine rings is 1. The van der Waals surface area contributed by atoms with Crippen LogP contribution in [0.4, 0.5) is 5.82 Å². The fourth-order valence-corrected chi connectivity index (χ4v) is 3.76. The summed E-state index contributed by atoms with van der Waals surface area (Å²) in [5.74, 6) is 0.641. The predicted octanol–water partition coefficient (Wildman–Crippen LogP) is 2.18. The lowest BCUT2D eigenvalue weighted by atomic mass is 9.91. The van der Waals surface area contributed by atoms with Crippen LogP contribution in [0.25, 0.3) is 0 Å². The van der Waals surface area contributed by atoms with Gasteiger partial charge in [-0.15, -0.1) is 0 Å². The Morgan fingerprint density at radius 2 is 2.15 bits per heavy atom. The lowest BCUT2D eigenvalue weighted by Crippen LogP contribution is -2.35. The maximum Gasteiger partial charge on any atom is 0.267 e. The molecule has 1 aliphatic heterocycles. The van der Waals surface area contributed by atoms with E-state index in [0.717, 1.165) is 43.4 Å². The van der Waals surface area contributed by atoms with Gasteiger partial charge in [-0.2, -0.15) is 10.4 Å². The van der Waals surface area contributed by atoms with Crippen LogP contribution in [0.1, 0.15) is 48.5 Å². The summed E-state index contributed by atoms with van der Waals surface area (Å²) in [5.41, 5.74) is 2.43. The number of hydrogen-bond acceptors (Lipinski definition) is 6. The molecule has 0 spiro atoms. The number of rotatable bonds is 3. The number of hydrogen-bond donors (Lipinski definition) is 1. The number of anilines is 1. The Morgan fingerprint density at radius 3 is 2.96 bits per heavy atom. The predicted molar refractivity (Wildman–Crippen MR) is 95.7 cm³/mol. The van der Waals surface area contributed by atoms with Crippen LogP contribution < -0.4 is 10.9 Å². The first-order valence-electron chi connectivity index (χ1n) is 9.05. The first kappa shape index (κ1) is 16.7. The third-order valence-electron chi connectivity index (χ3n) is 5.17. The van der Waals surface area contributed by atoms with Crippen molar-refractivity contribution < 1.29 is 4.74 Å². The van der Waals surface area contributed by atoms with Crippen LogP contribution in [-0.2, 0) is 17.8 Å². The number of nitriles is 1. The van der Waals surface area contributed by atoms with Crippen LogP contribution in [0.5, 0.6) is 0 Å². The van der Waals surface area contributed by atoms with E-state index in [1.165, 1.54) is 0 Å². The SMILES string of the molecule is N#Cc1cccnc1NC1CCC(n2nc3c(cc2=O)COCC3)CC1. The summed E-state index contributed by atoms with van der Waals surface area (Å²) in [6.45, 7) is 1.15. The van der Waals surface area contributed by atoms with Gasteiger partial charge in [-0.1, -0.05) is 0 Å². The van der Waals surface area contributed by atoms with Gasteiger partial charge >= 0.3 is 0 Å². The van der Waals surface area contributed by atoms with Gasteiger partial charge in [0.15, 0.2) is 0 Å². The molecule has 3 heterocycles. The van der Waals surface area contributed by atoms with Crippen LogP contribution in [-0.4, -0.2) is 27.4 Å². The van der Waals surface area contributed by atoms with E-state index in [9.17, 15) is 10.1 Å². The van der Waals surface area contributed by atoms with E-state index in [4.69, 9.17) is 4.74 Å². The maximum atomic E-state index is 12.4. The van der Waals surface area contributed by atoms with Crippen LogP contribution in [0.15, 0.2) is 29.2 Å². The summed E-state index contributed by atoms with van der Waals surface area (Å²) in [7, 11) is 0. The quantitative estimate of drug-likeness (QED) is 0.911. The Labute approximate surface area is 151 Å². The topological polar surface area (TPSA) is 92.8 Å². The van der Waals surface area contributed by atoms with E-state index in [-0.39, 0.29) is 17.6 Å². The zero-order valence-corrected chi connectivity index (χ0v) is 14.5. The smallest absolute Gasteiger partial charge is 0.267 e. The van der Waals surface area contributed by atoms with E-state index < -0.39 is 0 Å². The molecule has 0 saturated heterocycles. The summed E-state index contributed by atoms with van der Waals surface area (Å²) in [6, 6.07) is 7.77. The first-order chi connectivity index (χ1) is 12.7. The second-order valence-corrected chi connectivity index (χ2v) is 6.86. The highest BCUT2D eigenvalue weighted by molar-refractivity contribution is 5.51. The van der Waals surface area contributed by atoms with E-state index in [0.29, 0.717) is 24.6 Å². The first-order valence-corrected chi connectivity index (χ1v) is 9.05. The zero-order valence-electron chi connectivity index (χ0n) is 14.5. The zero-order chi connectivity index (χ0) is 17.9. The molecule has 1 saturated carbocycles. The Hall–Kier alpha value is -2.72. The highest BCUT2D eigenvalue weighted by atomic mass is 16.5. The summed E-state index contributed by atoms with van der Waals surface area (Å²) >= 11 is 0. The molecule has 1 N–H and O–H groups in total. The van der Waals surface area contributed by atoms with Crippen molar-refractivity contribution in [3.63, 3.8) is 0 Å². The van der Waals surface area contributed by atoms with Gasteiger partial charge in [-0.05, 0) is 37.8 Å². The van der Waals surface area contributed by atoms with Gasteiger partial charge in [-0.3, -0.25) is 4.79 Å². The summed E-state index contributed by atoms with van der Waals surface area (Å²) < 4.78 is 7.07. The molecule has 1 aliphatic carbocycles. The molecule has 2 aliphatic rings. The van der Waals surface area contributed by atoms with Crippen molar-refractivity contribution in [2.24, 2.45) is 0 Å². The van der Waals surface area contributed by atoms with Crippen molar-refractivity contribution in [2.45, 2.75) is 50.8 Å². The Bertz CT molecular complexity index is 894.